The van der Waals surface area contributed by atoms with Crippen LogP contribution in [0.5, 0.6) is 0 Å². The Balaban J connectivity index is 1.66. The molecule has 1 amide bonds. The molecule has 0 aliphatic heterocycles. The van der Waals surface area contributed by atoms with E-state index in [1.54, 1.807) is 22.9 Å². The second-order valence-electron chi connectivity index (χ2n) is 5.58. The van der Waals surface area contributed by atoms with Crippen LogP contribution in [-0.2, 0) is 17.8 Å². The van der Waals surface area contributed by atoms with Crippen LogP contribution >= 0.6 is 11.6 Å². The quantitative estimate of drug-likeness (QED) is 0.698. The van der Waals surface area contributed by atoms with Crippen LogP contribution in [0.25, 0.3) is 10.9 Å². The van der Waals surface area contributed by atoms with Crippen LogP contribution in [0.2, 0.25) is 5.02 Å². The topological polar surface area (TPSA) is 51.1 Å². The smallest absolute Gasteiger partial charge is 0.239 e. The molecule has 2 aromatic carbocycles. The maximum Gasteiger partial charge on any atom is 0.239 e. The third kappa shape index (κ3) is 3.66. The molecule has 3 rings (SSSR count). The predicted octanol–water partition coefficient (Wildman–Crippen LogP) is 3.47. The number of nitrogens with zero attached hydrogens (tertiary/aromatic N) is 1. The van der Waals surface area contributed by atoms with Gasteiger partial charge >= 0.3 is 0 Å². The monoisotopic (exact) mass is 340 g/mol. The van der Waals surface area contributed by atoms with Gasteiger partial charge < -0.3 is 9.88 Å². The maximum absolute atomic E-state index is 12.2. The van der Waals surface area contributed by atoms with E-state index < -0.39 is 0 Å². The van der Waals surface area contributed by atoms with Crippen molar-refractivity contribution in [2.75, 3.05) is 6.54 Å². The van der Waals surface area contributed by atoms with Crippen molar-refractivity contribution in [2.45, 2.75) is 13.0 Å². The summed E-state index contributed by atoms with van der Waals surface area (Å²) in [7, 11) is 0. The molecule has 5 heteroatoms. The van der Waals surface area contributed by atoms with E-state index in [0.29, 0.717) is 17.1 Å². The highest BCUT2D eigenvalue weighted by Crippen LogP contribution is 2.24. The van der Waals surface area contributed by atoms with Crippen molar-refractivity contribution in [3.8, 4) is 0 Å². The Morgan fingerprint density at radius 2 is 1.96 bits per heavy atom. The van der Waals surface area contributed by atoms with E-state index in [9.17, 15) is 9.59 Å². The van der Waals surface area contributed by atoms with Crippen molar-refractivity contribution < 1.29 is 9.59 Å². The molecular formula is C19H17ClN2O2. The van der Waals surface area contributed by atoms with Crippen molar-refractivity contribution in [1.82, 2.24) is 9.88 Å². The van der Waals surface area contributed by atoms with E-state index in [2.05, 4.69) is 5.32 Å². The zero-order valence-corrected chi connectivity index (χ0v) is 13.8. The standard InChI is InChI=1S/C19H17ClN2O2/c20-16-6-7-18-17(10-16)15(13-23)11-22(18)12-19(24)21-9-8-14-4-2-1-3-5-14/h1-7,10-11,13H,8-9,12H2,(H,21,24). The van der Waals surface area contributed by atoms with Gasteiger partial charge in [-0.3, -0.25) is 9.59 Å². The first kappa shape index (κ1) is 16.3. The highest BCUT2D eigenvalue weighted by Gasteiger charge is 2.11. The molecule has 0 atom stereocenters. The number of hydrogen-bond acceptors (Lipinski definition) is 2. The van der Waals surface area contributed by atoms with Gasteiger partial charge in [0.2, 0.25) is 5.91 Å². The Morgan fingerprint density at radius 1 is 1.17 bits per heavy atom. The van der Waals surface area contributed by atoms with Crippen molar-refractivity contribution in [1.29, 1.82) is 0 Å². The molecular weight excluding hydrogens is 324 g/mol. The van der Waals surface area contributed by atoms with Crippen molar-refractivity contribution in [2.24, 2.45) is 0 Å². The number of halogens is 1. The summed E-state index contributed by atoms with van der Waals surface area (Å²) in [4.78, 5) is 23.4. The lowest BCUT2D eigenvalue weighted by molar-refractivity contribution is -0.121. The number of carbonyl (C=O) groups excluding carboxylic acids is 2. The van der Waals surface area contributed by atoms with E-state index in [0.717, 1.165) is 23.6 Å². The van der Waals surface area contributed by atoms with E-state index in [1.807, 2.05) is 36.4 Å². The van der Waals surface area contributed by atoms with Gasteiger partial charge in [0.25, 0.3) is 0 Å². The van der Waals surface area contributed by atoms with Gasteiger partial charge in [-0.15, -0.1) is 0 Å². The first-order chi connectivity index (χ1) is 11.7. The Labute approximate surface area is 145 Å². The maximum atomic E-state index is 12.2. The largest absolute Gasteiger partial charge is 0.354 e. The van der Waals surface area contributed by atoms with Gasteiger partial charge in [0.15, 0.2) is 6.29 Å². The average Bonchev–Trinajstić information content (AvgIpc) is 2.92. The van der Waals surface area contributed by atoms with Crippen LogP contribution in [-0.4, -0.2) is 23.3 Å². The molecule has 0 aliphatic carbocycles. The number of carbonyl (C=O) groups is 2. The lowest BCUT2D eigenvalue weighted by Gasteiger charge is -2.07. The van der Waals surface area contributed by atoms with Crippen LogP contribution in [0.3, 0.4) is 0 Å². The number of benzene rings is 2. The first-order valence-electron chi connectivity index (χ1n) is 7.71. The number of nitrogens with one attached hydrogen (secondary N) is 1. The molecule has 1 N–H and O–H groups in total. The van der Waals surface area contributed by atoms with Crippen molar-refractivity contribution >= 4 is 34.7 Å². The SMILES string of the molecule is O=Cc1cn(CC(=O)NCCc2ccccc2)c2ccc(Cl)cc12. The Bertz CT molecular complexity index is 872. The van der Waals surface area contributed by atoms with Crippen molar-refractivity contribution in [3.05, 3.63) is 70.9 Å². The highest BCUT2D eigenvalue weighted by atomic mass is 35.5. The molecule has 3 aromatic rings. The fourth-order valence-electron chi connectivity index (χ4n) is 2.72. The lowest BCUT2D eigenvalue weighted by atomic mass is 10.1. The van der Waals surface area contributed by atoms with Crippen LogP contribution in [0, 0.1) is 0 Å². The van der Waals surface area contributed by atoms with Gasteiger partial charge in [-0.2, -0.15) is 0 Å². The fourth-order valence-corrected chi connectivity index (χ4v) is 2.90. The molecule has 0 unspecified atom stereocenters. The first-order valence-corrected chi connectivity index (χ1v) is 8.09. The number of fused-ring (bicyclic) bond motifs is 1. The van der Waals surface area contributed by atoms with E-state index in [-0.39, 0.29) is 12.5 Å². The molecule has 1 heterocycles. The molecule has 0 fully saturated rings. The van der Waals surface area contributed by atoms with E-state index in [4.69, 9.17) is 11.6 Å². The average molecular weight is 341 g/mol. The number of amides is 1. The summed E-state index contributed by atoms with van der Waals surface area (Å²) in [5.41, 5.74) is 2.53. The van der Waals surface area contributed by atoms with Crippen LogP contribution < -0.4 is 5.32 Å². The number of rotatable bonds is 6. The Kier molecular flexibility index (Phi) is 4.96. The normalized spacial score (nSPS) is 10.7. The molecule has 0 radical (unpaired) electrons. The highest BCUT2D eigenvalue weighted by molar-refractivity contribution is 6.31. The van der Waals surface area contributed by atoms with E-state index >= 15 is 0 Å². The fraction of sp³-hybridized carbons (Fsp3) is 0.158. The zero-order valence-electron chi connectivity index (χ0n) is 13.0. The number of aromatic nitrogens is 1. The third-order valence-electron chi connectivity index (χ3n) is 3.89. The summed E-state index contributed by atoms with van der Waals surface area (Å²) < 4.78 is 1.77. The Hall–Kier alpha value is -2.59. The van der Waals surface area contributed by atoms with Gasteiger partial charge in [0, 0.05) is 34.2 Å². The number of aldehydes is 1. The minimum atomic E-state index is -0.0877. The molecule has 0 aliphatic rings. The summed E-state index contributed by atoms with van der Waals surface area (Å²) in [5.74, 6) is -0.0877. The second kappa shape index (κ2) is 7.32. The Morgan fingerprint density at radius 3 is 2.71 bits per heavy atom. The van der Waals surface area contributed by atoms with Gasteiger partial charge in [0.05, 0.1) is 0 Å². The zero-order chi connectivity index (χ0) is 16.9. The summed E-state index contributed by atoms with van der Waals surface area (Å²) >= 11 is 5.98. The molecule has 0 saturated heterocycles. The van der Waals surface area contributed by atoms with Crippen LogP contribution in [0.15, 0.2) is 54.7 Å². The van der Waals surface area contributed by atoms with Crippen LogP contribution in [0.4, 0.5) is 0 Å². The van der Waals surface area contributed by atoms with Gasteiger partial charge in [-0.1, -0.05) is 41.9 Å². The van der Waals surface area contributed by atoms with Gasteiger partial charge in [0.1, 0.15) is 6.54 Å². The molecule has 4 nitrogen and oxygen atoms in total. The number of hydrogen-bond donors (Lipinski definition) is 1. The van der Waals surface area contributed by atoms with Crippen molar-refractivity contribution in [3.63, 3.8) is 0 Å². The third-order valence-corrected chi connectivity index (χ3v) is 4.13. The molecule has 122 valence electrons. The summed E-state index contributed by atoms with van der Waals surface area (Å²) in [6, 6.07) is 15.3. The van der Waals surface area contributed by atoms with Gasteiger partial charge in [-0.05, 0) is 30.2 Å². The minimum absolute atomic E-state index is 0.0877. The predicted molar refractivity (Wildman–Crippen MR) is 95.5 cm³/mol. The molecule has 0 saturated carbocycles. The molecule has 1 aromatic heterocycles. The van der Waals surface area contributed by atoms with E-state index in [1.165, 1.54) is 5.56 Å². The minimum Gasteiger partial charge on any atom is -0.354 e. The summed E-state index contributed by atoms with van der Waals surface area (Å²) in [6.45, 7) is 0.745. The lowest BCUT2D eigenvalue weighted by Crippen LogP contribution is -2.29. The van der Waals surface area contributed by atoms with Crippen LogP contribution in [0.1, 0.15) is 15.9 Å². The second-order valence-corrected chi connectivity index (χ2v) is 6.01. The molecule has 24 heavy (non-hydrogen) atoms. The molecule has 0 bridgehead atoms. The summed E-state index contributed by atoms with van der Waals surface area (Å²) in [5, 5.41) is 4.23. The van der Waals surface area contributed by atoms with Gasteiger partial charge in [-0.25, -0.2) is 0 Å². The summed E-state index contributed by atoms with van der Waals surface area (Å²) in [6.07, 6.45) is 3.25. The molecule has 0 spiro atoms.